The van der Waals surface area contributed by atoms with Crippen LogP contribution in [0.4, 0.5) is 0 Å². The number of ketones is 1. The quantitative estimate of drug-likeness (QED) is 0.743. The third kappa shape index (κ3) is 2.02. The Morgan fingerprint density at radius 2 is 2.18 bits per heavy atom. The van der Waals surface area contributed by atoms with E-state index in [9.17, 15) is 4.79 Å². The summed E-state index contributed by atoms with van der Waals surface area (Å²) in [5, 5.41) is 0. The predicted octanol–water partition coefficient (Wildman–Crippen LogP) is 2.66. The van der Waals surface area contributed by atoms with Gasteiger partial charge in [0.1, 0.15) is 0 Å². The summed E-state index contributed by atoms with van der Waals surface area (Å²) in [4.78, 5) is 14.6. The molecule has 2 bridgehead atoms. The van der Waals surface area contributed by atoms with Crippen LogP contribution in [0.5, 0.6) is 0 Å². The number of hydrogen-bond donors (Lipinski definition) is 0. The molecule has 0 spiro atoms. The van der Waals surface area contributed by atoms with E-state index < -0.39 is 0 Å². The van der Waals surface area contributed by atoms with Crippen molar-refractivity contribution in [1.29, 1.82) is 0 Å². The molecule has 0 radical (unpaired) electrons. The van der Waals surface area contributed by atoms with E-state index in [1.807, 2.05) is 31.2 Å². The third-order valence-electron chi connectivity index (χ3n) is 4.31. The molecule has 1 aliphatic carbocycles. The molecular weight excluding hydrogens is 210 g/mol. The Labute approximate surface area is 103 Å². The van der Waals surface area contributed by atoms with E-state index in [2.05, 4.69) is 4.90 Å². The van der Waals surface area contributed by atoms with Gasteiger partial charge in [-0.05, 0) is 37.7 Å². The van der Waals surface area contributed by atoms with Gasteiger partial charge in [-0.2, -0.15) is 0 Å². The molecule has 2 aliphatic rings. The minimum absolute atomic E-state index is 0.288. The second-order valence-corrected chi connectivity index (χ2v) is 5.50. The molecule has 1 saturated carbocycles. The predicted molar refractivity (Wildman–Crippen MR) is 68.2 cm³/mol. The molecule has 17 heavy (non-hydrogen) atoms. The summed E-state index contributed by atoms with van der Waals surface area (Å²) >= 11 is 0. The number of Topliss-reactive ketones (excluding diaryl/α,β-unsaturated/α-hetero) is 1. The first-order valence-corrected chi connectivity index (χ1v) is 6.57. The summed E-state index contributed by atoms with van der Waals surface area (Å²) in [5.74, 6) is 1.15. The lowest BCUT2D eigenvalue weighted by Crippen LogP contribution is -2.36. The number of rotatable bonds is 3. The fourth-order valence-electron chi connectivity index (χ4n) is 3.38. The highest BCUT2D eigenvalue weighted by molar-refractivity contribution is 5.98. The second-order valence-electron chi connectivity index (χ2n) is 5.50. The maximum absolute atomic E-state index is 12.3. The third-order valence-corrected chi connectivity index (χ3v) is 4.31. The number of likely N-dealkylation sites (tertiary alicyclic amines) is 1. The number of hydrogen-bond acceptors (Lipinski definition) is 2. The molecule has 3 rings (SSSR count). The van der Waals surface area contributed by atoms with Crippen LogP contribution in [0.2, 0.25) is 0 Å². The van der Waals surface area contributed by atoms with Crippen molar-refractivity contribution in [2.75, 3.05) is 13.1 Å². The summed E-state index contributed by atoms with van der Waals surface area (Å²) < 4.78 is 0. The first kappa shape index (κ1) is 11.0. The van der Waals surface area contributed by atoms with Gasteiger partial charge in [0.15, 0.2) is 5.78 Å². The Hall–Kier alpha value is -1.15. The summed E-state index contributed by atoms with van der Waals surface area (Å²) in [6.07, 6.45) is 3.99. The molecule has 0 aromatic heterocycles. The number of aryl methyl sites for hydroxylation is 1. The van der Waals surface area contributed by atoms with Gasteiger partial charge in [0.05, 0.1) is 6.54 Å². The Kier molecular flexibility index (Phi) is 2.75. The maximum atomic E-state index is 12.3. The topological polar surface area (TPSA) is 20.3 Å². The Morgan fingerprint density at radius 3 is 2.82 bits per heavy atom. The van der Waals surface area contributed by atoms with Crippen molar-refractivity contribution >= 4 is 5.78 Å². The number of carbonyl (C=O) groups excluding carboxylic acids is 1. The van der Waals surface area contributed by atoms with Gasteiger partial charge in [0.25, 0.3) is 0 Å². The van der Waals surface area contributed by atoms with Crippen molar-refractivity contribution in [1.82, 2.24) is 4.90 Å². The SMILES string of the molecule is Cc1ccccc1C(=O)CN1CC2CCC1C2. The number of piperidine rings is 1. The van der Waals surface area contributed by atoms with Gasteiger partial charge in [-0.25, -0.2) is 0 Å². The normalized spacial score (nSPS) is 27.6. The molecule has 2 unspecified atom stereocenters. The van der Waals surface area contributed by atoms with Crippen molar-refractivity contribution in [3.63, 3.8) is 0 Å². The monoisotopic (exact) mass is 229 g/mol. The van der Waals surface area contributed by atoms with Gasteiger partial charge >= 0.3 is 0 Å². The fourth-order valence-corrected chi connectivity index (χ4v) is 3.38. The van der Waals surface area contributed by atoms with Crippen LogP contribution in [0.1, 0.15) is 35.2 Å². The largest absolute Gasteiger partial charge is 0.293 e. The zero-order valence-electron chi connectivity index (χ0n) is 10.4. The van der Waals surface area contributed by atoms with E-state index in [0.717, 1.165) is 23.6 Å². The van der Waals surface area contributed by atoms with Gasteiger partial charge in [-0.1, -0.05) is 24.3 Å². The molecule has 1 saturated heterocycles. The Balaban J connectivity index is 1.70. The Bertz CT molecular complexity index is 440. The van der Waals surface area contributed by atoms with E-state index in [1.165, 1.54) is 19.3 Å². The van der Waals surface area contributed by atoms with Gasteiger partial charge in [-0.3, -0.25) is 9.69 Å². The first-order valence-electron chi connectivity index (χ1n) is 6.57. The summed E-state index contributed by atoms with van der Waals surface area (Å²) in [6, 6.07) is 8.60. The molecule has 1 aliphatic heterocycles. The average Bonchev–Trinajstić information content (AvgIpc) is 2.91. The van der Waals surface area contributed by atoms with Crippen LogP contribution in [0.25, 0.3) is 0 Å². The van der Waals surface area contributed by atoms with Crippen molar-refractivity contribution in [2.24, 2.45) is 5.92 Å². The Morgan fingerprint density at radius 1 is 1.35 bits per heavy atom. The molecular formula is C15H19NO. The van der Waals surface area contributed by atoms with Gasteiger partial charge in [0, 0.05) is 18.2 Å². The molecule has 90 valence electrons. The zero-order chi connectivity index (χ0) is 11.8. The van der Waals surface area contributed by atoms with E-state index >= 15 is 0 Å². The number of carbonyl (C=O) groups is 1. The van der Waals surface area contributed by atoms with Crippen LogP contribution < -0.4 is 0 Å². The van der Waals surface area contributed by atoms with Gasteiger partial charge < -0.3 is 0 Å². The summed E-state index contributed by atoms with van der Waals surface area (Å²) in [6.45, 7) is 3.78. The van der Waals surface area contributed by atoms with E-state index in [0.29, 0.717) is 12.6 Å². The minimum atomic E-state index is 0.288. The molecule has 1 aromatic rings. The van der Waals surface area contributed by atoms with Gasteiger partial charge in [-0.15, -0.1) is 0 Å². The highest BCUT2D eigenvalue weighted by Crippen LogP contribution is 2.37. The van der Waals surface area contributed by atoms with Crippen LogP contribution in [0, 0.1) is 12.8 Å². The van der Waals surface area contributed by atoms with Crippen molar-refractivity contribution in [2.45, 2.75) is 32.2 Å². The molecule has 2 fully saturated rings. The molecule has 2 nitrogen and oxygen atoms in total. The molecule has 0 N–H and O–H groups in total. The van der Waals surface area contributed by atoms with E-state index in [1.54, 1.807) is 0 Å². The van der Waals surface area contributed by atoms with Crippen LogP contribution in [-0.4, -0.2) is 29.8 Å². The number of fused-ring (bicyclic) bond motifs is 2. The van der Waals surface area contributed by atoms with Crippen molar-refractivity contribution in [3.05, 3.63) is 35.4 Å². The minimum Gasteiger partial charge on any atom is -0.293 e. The molecule has 2 atom stereocenters. The van der Waals surface area contributed by atoms with Gasteiger partial charge in [0.2, 0.25) is 0 Å². The smallest absolute Gasteiger partial charge is 0.177 e. The molecule has 2 heteroatoms. The van der Waals surface area contributed by atoms with Crippen molar-refractivity contribution in [3.8, 4) is 0 Å². The maximum Gasteiger partial charge on any atom is 0.177 e. The van der Waals surface area contributed by atoms with E-state index in [-0.39, 0.29) is 5.78 Å². The van der Waals surface area contributed by atoms with Crippen LogP contribution >= 0.6 is 0 Å². The van der Waals surface area contributed by atoms with Crippen LogP contribution in [0.15, 0.2) is 24.3 Å². The average molecular weight is 229 g/mol. The second kappa shape index (κ2) is 4.26. The fraction of sp³-hybridized carbons (Fsp3) is 0.533. The summed E-state index contributed by atoms with van der Waals surface area (Å²) in [7, 11) is 0. The van der Waals surface area contributed by atoms with E-state index in [4.69, 9.17) is 0 Å². The number of benzene rings is 1. The van der Waals surface area contributed by atoms with Crippen LogP contribution in [-0.2, 0) is 0 Å². The zero-order valence-corrected chi connectivity index (χ0v) is 10.4. The molecule has 1 aromatic carbocycles. The first-order chi connectivity index (χ1) is 8.24. The lowest BCUT2D eigenvalue weighted by Gasteiger charge is -2.26. The highest BCUT2D eigenvalue weighted by Gasteiger charge is 2.38. The number of nitrogens with zero attached hydrogens (tertiary/aromatic N) is 1. The highest BCUT2D eigenvalue weighted by atomic mass is 16.1. The standard InChI is InChI=1S/C15H19NO/c1-11-4-2-3-5-14(11)15(17)10-16-9-12-6-7-13(16)8-12/h2-5,12-13H,6-10H2,1H3. The van der Waals surface area contributed by atoms with Crippen LogP contribution in [0.3, 0.4) is 0 Å². The molecule has 0 amide bonds. The molecule has 1 heterocycles. The lowest BCUT2D eigenvalue weighted by atomic mass is 10.0. The van der Waals surface area contributed by atoms with Crippen molar-refractivity contribution < 1.29 is 4.79 Å². The summed E-state index contributed by atoms with van der Waals surface area (Å²) in [5.41, 5.74) is 2.00. The lowest BCUT2D eigenvalue weighted by molar-refractivity contribution is 0.0904.